The summed E-state index contributed by atoms with van der Waals surface area (Å²) in [6.45, 7) is 12.2. The molecular weight excluding hydrogens is 915 g/mol. The van der Waals surface area contributed by atoms with Crippen molar-refractivity contribution >= 4 is 54.0 Å². The molecule has 17 heteroatoms. The summed E-state index contributed by atoms with van der Waals surface area (Å²) in [4.78, 5) is 0. The van der Waals surface area contributed by atoms with Crippen LogP contribution in [0.15, 0.2) is 72.8 Å². The van der Waals surface area contributed by atoms with Gasteiger partial charge in [0.25, 0.3) is 0 Å². The van der Waals surface area contributed by atoms with E-state index in [9.17, 15) is 43.2 Å². The molecule has 0 saturated heterocycles. The van der Waals surface area contributed by atoms with Crippen LogP contribution < -0.4 is 10.6 Å². The molecule has 0 N–H and O–H groups in total. The van der Waals surface area contributed by atoms with Crippen molar-refractivity contribution in [1.29, 1.82) is 0 Å². The van der Waals surface area contributed by atoms with E-state index in [1.54, 1.807) is 24.3 Å². The topological polar surface area (TPSA) is 0 Å². The number of rotatable bonds is 8. The maximum atomic E-state index is 13.7. The number of benzene rings is 2. The molecule has 2 bridgehead atoms. The van der Waals surface area contributed by atoms with Crippen LogP contribution in [0.2, 0.25) is 11.1 Å². The number of hydrogen-bond donors (Lipinski definition) is 0. The van der Waals surface area contributed by atoms with E-state index < -0.39 is 66.9 Å². The minimum atomic E-state index is -11.2. The van der Waals surface area contributed by atoms with Crippen molar-refractivity contribution < 1.29 is 62.7 Å². The van der Waals surface area contributed by atoms with Crippen LogP contribution in [-0.4, -0.2) is 52.4 Å². The van der Waals surface area contributed by atoms with E-state index in [4.69, 9.17) is 0 Å². The third kappa shape index (κ3) is 15.1. The molecule has 2 aliphatic carbocycles. The quantitative estimate of drug-likeness (QED) is 0.107. The minimum absolute atomic E-state index is 0. The van der Waals surface area contributed by atoms with Crippen molar-refractivity contribution in [3.63, 3.8) is 0 Å². The number of alkyl halides is 6. The van der Waals surface area contributed by atoms with Crippen LogP contribution in [-0.2, 0) is 31.8 Å². The van der Waals surface area contributed by atoms with Crippen LogP contribution in [0.1, 0.15) is 45.2 Å². The van der Waals surface area contributed by atoms with Crippen molar-refractivity contribution in [2.75, 3.05) is 24.9 Å². The molecule has 2 aliphatic rings. The average molecular weight is 955 g/mol. The van der Waals surface area contributed by atoms with Gasteiger partial charge in [0, 0.05) is 19.5 Å². The van der Waals surface area contributed by atoms with Crippen molar-refractivity contribution in [3.05, 3.63) is 84.0 Å². The molecule has 0 spiro atoms. The fourth-order valence-electron chi connectivity index (χ4n) is 5.92. The molecule has 0 amide bonds. The van der Waals surface area contributed by atoms with Crippen molar-refractivity contribution in [2.45, 2.75) is 57.6 Å². The molecule has 0 fully saturated rings. The zero-order valence-electron chi connectivity index (χ0n) is 27.1. The Morgan fingerprint density at radius 2 is 0.896 bits per heavy atom. The molecule has 1 radical (unpaired) electrons. The van der Waals surface area contributed by atoms with Gasteiger partial charge in [0.05, 0.1) is 19.2 Å². The maximum Gasteiger partial charge on any atom is 0 e. The normalized spacial score (nSPS) is 20.2. The monoisotopic (exact) mass is 954 g/mol. The zero-order valence-corrected chi connectivity index (χ0v) is 34.0. The number of allylic oxidation sites excluding steroid dienone is 4. The number of halogens is 12. The molecule has 0 unspecified atom stereocenters. The van der Waals surface area contributed by atoms with E-state index in [2.05, 4.69) is 52.0 Å². The molecular formula is C31H40F12P2RhSbSi-. The van der Waals surface area contributed by atoms with E-state index in [1.165, 1.54) is 18.6 Å². The van der Waals surface area contributed by atoms with Gasteiger partial charge in [-0.25, -0.2) is 0 Å². The SMILES string of the molecule is C1=CC2C=CC1C2.CC(C)[Si](C[P@](C)c1ccccc1C(F)(F)F)(C[P@](C)c1ccccc1C(F)(F)F)C(C)C.[F][Sb-]([F])([F])([F])([F])[F].[Rh]. The third-order valence-corrected chi connectivity index (χ3v) is 23.9. The van der Waals surface area contributed by atoms with Gasteiger partial charge in [-0.05, 0) is 65.9 Å². The van der Waals surface area contributed by atoms with E-state index in [0.29, 0.717) is 22.2 Å². The molecule has 0 saturated carbocycles. The summed E-state index contributed by atoms with van der Waals surface area (Å²) in [5.74, 6) is 2.96. The molecule has 48 heavy (non-hydrogen) atoms. The number of hydrogen-bond acceptors (Lipinski definition) is 0. The van der Waals surface area contributed by atoms with E-state index in [-0.39, 0.29) is 30.6 Å². The molecule has 0 heterocycles. The summed E-state index contributed by atoms with van der Waals surface area (Å²) < 4.78 is 142. The molecule has 2 atom stereocenters. The summed E-state index contributed by atoms with van der Waals surface area (Å²) in [7, 11) is -4.51. The first-order chi connectivity index (χ1) is 21.0. The first-order valence-electron chi connectivity index (χ1n) is 14.7. The van der Waals surface area contributed by atoms with Gasteiger partial charge in [-0.2, -0.15) is 26.3 Å². The Labute approximate surface area is 293 Å². The fourth-order valence-corrected chi connectivity index (χ4v) is 24.7. The Morgan fingerprint density at radius 1 is 0.625 bits per heavy atom. The van der Waals surface area contributed by atoms with Crippen LogP contribution in [0.5, 0.6) is 0 Å². The molecule has 4 rings (SSSR count). The summed E-state index contributed by atoms with van der Waals surface area (Å²) in [6, 6.07) is 11.5. The van der Waals surface area contributed by atoms with Crippen molar-refractivity contribution in [2.24, 2.45) is 11.8 Å². The minimum Gasteiger partial charge on any atom is 0 e. The van der Waals surface area contributed by atoms with Crippen LogP contribution in [0, 0.1) is 11.8 Å². The molecule has 0 nitrogen and oxygen atoms in total. The molecule has 0 aliphatic heterocycles. The van der Waals surface area contributed by atoms with E-state index in [1.807, 2.05) is 13.3 Å². The second kappa shape index (κ2) is 16.1. The Morgan fingerprint density at radius 3 is 1.10 bits per heavy atom. The van der Waals surface area contributed by atoms with Gasteiger partial charge in [0.2, 0.25) is 0 Å². The molecule has 277 valence electrons. The largest absolute Gasteiger partial charge is 0 e. The van der Waals surface area contributed by atoms with Gasteiger partial charge in [-0.1, -0.05) is 115 Å². The van der Waals surface area contributed by atoms with E-state index in [0.717, 1.165) is 24.0 Å². The Kier molecular flexibility index (Phi) is 15.3. The predicted molar refractivity (Wildman–Crippen MR) is 176 cm³/mol. The third-order valence-electron chi connectivity index (χ3n) is 8.36. The maximum absolute atomic E-state index is 13.7. The van der Waals surface area contributed by atoms with Gasteiger partial charge in [-0.3, -0.25) is 0 Å². The summed E-state index contributed by atoms with van der Waals surface area (Å²) in [5.41, 5.74) is -0.697. The first-order valence-corrected chi connectivity index (χ1v) is 27.0. The fraction of sp³-hybridized carbons (Fsp3) is 0.484. The summed E-state index contributed by atoms with van der Waals surface area (Å²) in [5, 5.41) is 0.684. The van der Waals surface area contributed by atoms with Gasteiger partial charge < -0.3 is 0 Å². The van der Waals surface area contributed by atoms with Crippen molar-refractivity contribution in [1.82, 2.24) is 0 Å². The predicted octanol–water partition coefficient (Wildman–Crippen LogP) is 12.1. The van der Waals surface area contributed by atoms with Crippen molar-refractivity contribution in [3.8, 4) is 0 Å². The molecule has 2 aromatic rings. The van der Waals surface area contributed by atoms with Gasteiger partial charge in [0.1, 0.15) is 0 Å². The Hall–Kier alpha value is -0.402. The zero-order chi connectivity index (χ0) is 36.3. The van der Waals surface area contributed by atoms with E-state index >= 15 is 0 Å². The van der Waals surface area contributed by atoms with Gasteiger partial charge in [0.15, 0.2) is 0 Å². The van der Waals surface area contributed by atoms with Crippen LogP contribution in [0.4, 0.5) is 43.2 Å². The first kappa shape index (κ1) is 45.6. The van der Waals surface area contributed by atoms with Crippen LogP contribution in [0.3, 0.4) is 0 Å². The standard InChI is InChI=1S/C24H32F6P2Si.C7H8.6FH.Rh.Sb/c1-17(2)33(18(3)4,15-31(5)21-13-9-7-11-19(21)23(25,26)27)16-32(6)22-14-10-8-12-20(22)24(28,29)30;1-2-7-4-3-6(1)5-7;;;;;;;;/h7-14,17-18H,15-16H2,1-6H3;1-4,6-7H,5H2;6*1H;;/q;;;;;;;;;+5/p-6/t31-,32-;;;;;;;;;/m0........./s1. The number of fused-ring (bicyclic) bond motifs is 2. The average Bonchev–Trinajstić information content (AvgIpc) is 3.56. The summed E-state index contributed by atoms with van der Waals surface area (Å²) in [6.07, 6.45) is 1.71. The second-order valence-electron chi connectivity index (χ2n) is 12.6. The smallest absolute Gasteiger partial charge is 0 e. The molecule has 2 aromatic carbocycles. The summed E-state index contributed by atoms with van der Waals surface area (Å²) >= 11 is -11.2. The van der Waals surface area contributed by atoms with Gasteiger partial charge in [-0.15, -0.1) is 0 Å². The van der Waals surface area contributed by atoms with Gasteiger partial charge >= 0.3 is 48.7 Å². The Balaban J connectivity index is 0.000000626. The second-order valence-corrected chi connectivity index (χ2v) is 29.1. The van der Waals surface area contributed by atoms with Crippen LogP contribution in [0.25, 0.3) is 0 Å². The Bertz CT molecular complexity index is 1290. The van der Waals surface area contributed by atoms with Crippen LogP contribution >= 0.6 is 15.8 Å². The molecule has 0 aromatic heterocycles.